The van der Waals surface area contributed by atoms with Crippen molar-refractivity contribution in [1.82, 2.24) is 5.01 Å². The number of carbonyl (C=O) groups is 1. The number of para-hydroxylation sites is 1. The van der Waals surface area contributed by atoms with Crippen LogP contribution in [0.15, 0.2) is 29.4 Å². The molecule has 1 amide bonds. The number of halogens is 1. The molecular weight excluding hydrogens is 310 g/mol. The maximum Gasteiger partial charge on any atom is 0.236 e. The molecule has 0 aromatic heterocycles. The maximum absolute atomic E-state index is 12.7. The Hall–Kier alpha value is -1.55. The van der Waals surface area contributed by atoms with Gasteiger partial charge < -0.3 is 5.32 Å². The Morgan fingerprint density at radius 2 is 2.00 bits per heavy atom. The number of amides is 1. The van der Waals surface area contributed by atoms with Crippen molar-refractivity contribution < 1.29 is 4.79 Å². The Balaban J connectivity index is 2.17. The van der Waals surface area contributed by atoms with Crippen LogP contribution in [0.1, 0.15) is 45.6 Å². The number of anilines is 1. The van der Waals surface area contributed by atoms with Gasteiger partial charge in [0.15, 0.2) is 0 Å². The normalized spacial score (nSPS) is 22.2. The van der Waals surface area contributed by atoms with Gasteiger partial charge in [0.25, 0.3) is 0 Å². The highest BCUT2D eigenvalue weighted by molar-refractivity contribution is 6.26. The molecule has 0 saturated heterocycles. The summed E-state index contributed by atoms with van der Waals surface area (Å²) in [5.41, 5.74) is 2.35. The third-order valence-electron chi connectivity index (χ3n) is 4.25. The molecule has 0 radical (unpaired) electrons. The number of carbonyl (C=O) groups excluding carboxylic acids is 1. The number of benzene rings is 1. The number of hydrogen-bond acceptors (Lipinski definition) is 3. The van der Waals surface area contributed by atoms with Crippen LogP contribution in [0.3, 0.4) is 0 Å². The summed E-state index contributed by atoms with van der Waals surface area (Å²) in [6, 6.07) is 8.00. The first kappa shape index (κ1) is 17.8. The van der Waals surface area contributed by atoms with Gasteiger partial charge in [0.05, 0.1) is 5.71 Å². The first-order valence-corrected chi connectivity index (χ1v) is 8.56. The fourth-order valence-corrected chi connectivity index (χ4v) is 3.52. The topological polar surface area (TPSA) is 44.7 Å². The molecule has 0 fully saturated rings. The summed E-state index contributed by atoms with van der Waals surface area (Å²) in [4.78, 5) is 12.7. The minimum Gasteiger partial charge on any atom is -0.325 e. The second kappa shape index (κ2) is 7.35. The molecule has 0 bridgehead atoms. The van der Waals surface area contributed by atoms with Crippen molar-refractivity contribution in [2.75, 3.05) is 12.4 Å². The third-order valence-corrected chi connectivity index (χ3v) is 4.79. The average Bonchev–Trinajstić information content (AvgIpc) is 2.71. The minimum absolute atomic E-state index is 0.0974. The largest absolute Gasteiger partial charge is 0.325 e. The summed E-state index contributed by atoms with van der Waals surface area (Å²) in [6.07, 6.45) is 1.08. The van der Waals surface area contributed by atoms with E-state index in [1.807, 2.05) is 25.1 Å². The van der Waals surface area contributed by atoms with Crippen LogP contribution in [-0.4, -0.2) is 29.2 Å². The lowest BCUT2D eigenvalue weighted by Crippen LogP contribution is -2.35. The third kappa shape index (κ3) is 4.05. The van der Waals surface area contributed by atoms with Crippen LogP contribution in [0.25, 0.3) is 0 Å². The van der Waals surface area contributed by atoms with Crippen molar-refractivity contribution in [1.29, 1.82) is 0 Å². The lowest BCUT2D eigenvalue weighted by Gasteiger charge is -2.21. The van der Waals surface area contributed by atoms with E-state index in [4.69, 9.17) is 11.6 Å². The maximum atomic E-state index is 12.7. The van der Waals surface area contributed by atoms with E-state index in [9.17, 15) is 4.79 Å². The van der Waals surface area contributed by atoms with Gasteiger partial charge in [0.2, 0.25) is 5.91 Å². The Kier molecular flexibility index (Phi) is 5.69. The number of nitrogens with one attached hydrogen (secondary N) is 1. The van der Waals surface area contributed by atoms with Crippen molar-refractivity contribution >= 4 is 28.9 Å². The molecule has 1 aromatic rings. The molecular formula is C18H26ClN3O. The lowest BCUT2D eigenvalue weighted by molar-refractivity contribution is -0.118. The van der Waals surface area contributed by atoms with Crippen LogP contribution in [0.2, 0.25) is 0 Å². The van der Waals surface area contributed by atoms with Crippen LogP contribution in [0.5, 0.6) is 0 Å². The highest BCUT2D eigenvalue weighted by Crippen LogP contribution is 2.31. The van der Waals surface area contributed by atoms with Crippen molar-refractivity contribution in [3.05, 3.63) is 29.8 Å². The summed E-state index contributed by atoms with van der Waals surface area (Å²) < 4.78 is 0. The van der Waals surface area contributed by atoms with Gasteiger partial charge in [-0.3, -0.25) is 9.80 Å². The molecule has 1 aliphatic heterocycles. The van der Waals surface area contributed by atoms with Gasteiger partial charge in [-0.2, -0.15) is 5.10 Å². The van der Waals surface area contributed by atoms with E-state index >= 15 is 0 Å². The van der Waals surface area contributed by atoms with E-state index < -0.39 is 11.4 Å². The fourth-order valence-electron chi connectivity index (χ4n) is 3.18. The summed E-state index contributed by atoms with van der Waals surface area (Å²) in [7, 11) is 1.78. The second-order valence-electron chi connectivity index (χ2n) is 6.77. The molecule has 1 aliphatic rings. The van der Waals surface area contributed by atoms with Crippen LogP contribution in [0, 0.1) is 11.8 Å². The first-order valence-electron chi connectivity index (χ1n) is 8.13. The Morgan fingerprint density at radius 3 is 2.57 bits per heavy atom. The summed E-state index contributed by atoms with van der Waals surface area (Å²) in [5, 5.41) is 8.96. The SMILES string of the molecule is CC1=NN(C)C(Cl)C1C(=O)Nc1ccccc1C(C)CC(C)C. The second-order valence-corrected chi connectivity index (χ2v) is 7.22. The zero-order valence-corrected chi connectivity index (χ0v) is 15.3. The van der Waals surface area contributed by atoms with E-state index in [0.717, 1.165) is 17.8 Å². The average molecular weight is 336 g/mol. The Bertz CT molecular complexity index is 600. The predicted octanol–water partition coefficient (Wildman–Crippen LogP) is 4.28. The van der Waals surface area contributed by atoms with Gasteiger partial charge in [0, 0.05) is 12.7 Å². The molecule has 0 spiro atoms. The van der Waals surface area contributed by atoms with Crippen molar-refractivity contribution in [3.63, 3.8) is 0 Å². The molecule has 0 aliphatic carbocycles. The fraction of sp³-hybridized carbons (Fsp3) is 0.556. The lowest BCUT2D eigenvalue weighted by atomic mass is 9.90. The van der Waals surface area contributed by atoms with Crippen molar-refractivity contribution in [3.8, 4) is 0 Å². The zero-order valence-electron chi connectivity index (χ0n) is 14.5. The molecule has 2 rings (SSSR count). The zero-order chi connectivity index (χ0) is 17.1. The smallest absolute Gasteiger partial charge is 0.236 e. The van der Waals surface area contributed by atoms with Gasteiger partial charge >= 0.3 is 0 Å². The number of hydrazone groups is 1. The Morgan fingerprint density at radius 1 is 1.35 bits per heavy atom. The van der Waals surface area contributed by atoms with E-state index in [1.165, 1.54) is 5.56 Å². The van der Waals surface area contributed by atoms with Crippen LogP contribution in [0.4, 0.5) is 5.69 Å². The minimum atomic E-state index is -0.435. The number of nitrogens with zero attached hydrogens (tertiary/aromatic N) is 2. The van der Waals surface area contributed by atoms with Gasteiger partial charge in [-0.25, -0.2) is 0 Å². The predicted molar refractivity (Wildman–Crippen MR) is 96.9 cm³/mol. The van der Waals surface area contributed by atoms with Gasteiger partial charge in [-0.05, 0) is 36.8 Å². The molecule has 3 unspecified atom stereocenters. The summed E-state index contributed by atoms with van der Waals surface area (Å²) in [6.45, 7) is 8.47. The summed E-state index contributed by atoms with van der Waals surface area (Å²) in [5.74, 6) is 0.480. The number of alkyl halides is 1. The van der Waals surface area contributed by atoms with Gasteiger partial charge in [0.1, 0.15) is 11.4 Å². The molecule has 1 aromatic carbocycles. The molecule has 0 saturated carbocycles. The highest BCUT2D eigenvalue weighted by Gasteiger charge is 2.37. The van der Waals surface area contributed by atoms with Gasteiger partial charge in [-0.15, -0.1) is 0 Å². The van der Waals surface area contributed by atoms with Crippen LogP contribution in [-0.2, 0) is 4.79 Å². The number of hydrogen-bond donors (Lipinski definition) is 1. The molecule has 1 N–H and O–H groups in total. The molecule has 23 heavy (non-hydrogen) atoms. The number of rotatable bonds is 5. The highest BCUT2D eigenvalue weighted by atomic mass is 35.5. The molecule has 3 atom stereocenters. The van der Waals surface area contributed by atoms with E-state index in [1.54, 1.807) is 12.1 Å². The molecule has 4 nitrogen and oxygen atoms in total. The van der Waals surface area contributed by atoms with Gasteiger partial charge in [-0.1, -0.05) is 50.6 Å². The first-order chi connectivity index (χ1) is 10.8. The van der Waals surface area contributed by atoms with Crippen molar-refractivity contribution in [2.24, 2.45) is 16.9 Å². The van der Waals surface area contributed by atoms with Crippen molar-refractivity contribution in [2.45, 2.75) is 45.5 Å². The molecule has 126 valence electrons. The monoisotopic (exact) mass is 335 g/mol. The molecule has 5 heteroatoms. The van der Waals surface area contributed by atoms with E-state index in [-0.39, 0.29) is 5.91 Å². The quantitative estimate of drug-likeness (QED) is 0.645. The Labute approximate surface area is 143 Å². The molecule has 1 heterocycles. The van der Waals surface area contributed by atoms with E-state index in [2.05, 4.69) is 37.3 Å². The van der Waals surface area contributed by atoms with E-state index in [0.29, 0.717) is 11.8 Å². The van der Waals surface area contributed by atoms with Crippen LogP contribution >= 0.6 is 11.6 Å². The van der Waals surface area contributed by atoms with Crippen LogP contribution < -0.4 is 5.32 Å². The standard InChI is InChI=1S/C18H26ClN3O/c1-11(2)10-12(3)14-8-6-7-9-15(14)20-18(23)16-13(4)21-22(5)17(16)19/h6-9,11-12,16-17H,10H2,1-5H3,(H,20,23). The summed E-state index contributed by atoms with van der Waals surface area (Å²) >= 11 is 6.31.